The molecule has 0 fully saturated rings. The summed E-state index contributed by atoms with van der Waals surface area (Å²) in [5.74, 6) is 0.128. The maximum Gasteiger partial charge on any atom is 0.472 e. The summed E-state index contributed by atoms with van der Waals surface area (Å²) in [7, 11) is -9.92. The van der Waals surface area contributed by atoms with Crippen LogP contribution < -0.4 is 0 Å². The third kappa shape index (κ3) is 68.5. The summed E-state index contributed by atoms with van der Waals surface area (Å²) in [6.45, 7) is 11.8. The SMILES string of the molecule is CCCCCC/C=C\C=C/CCCCCCCC(=O)OC[C@H](COP(=O)(O)OC[C@@H](O)COP(=O)(O)OC[C@@H](COC(=O)CCCCCCCCC(C)CC)OC(=O)CCCCCCCCCCCCCCCC(C)C)OC(=O)CCCCCCCCCCCCCC(C)C. The van der Waals surface area contributed by atoms with Crippen LogP contribution in [0.25, 0.3) is 0 Å². The maximum atomic E-state index is 13.1. The van der Waals surface area contributed by atoms with Crippen molar-refractivity contribution in [2.45, 2.75) is 381 Å². The first-order chi connectivity index (χ1) is 45.8. The van der Waals surface area contributed by atoms with Gasteiger partial charge in [0.05, 0.1) is 26.4 Å². The molecule has 17 nitrogen and oxygen atoms in total. The molecule has 95 heavy (non-hydrogen) atoms. The monoisotopic (exact) mass is 1390 g/mol. The van der Waals surface area contributed by atoms with Crippen molar-refractivity contribution in [2.75, 3.05) is 39.6 Å². The van der Waals surface area contributed by atoms with Gasteiger partial charge in [0.1, 0.15) is 19.3 Å². The molecule has 3 N–H and O–H groups in total. The van der Waals surface area contributed by atoms with E-state index in [2.05, 4.69) is 72.8 Å². The van der Waals surface area contributed by atoms with E-state index in [0.29, 0.717) is 25.7 Å². The van der Waals surface area contributed by atoms with Gasteiger partial charge >= 0.3 is 39.5 Å². The van der Waals surface area contributed by atoms with E-state index >= 15 is 0 Å². The summed E-state index contributed by atoms with van der Waals surface area (Å²) in [4.78, 5) is 72.8. The van der Waals surface area contributed by atoms with E-state index in [1.54, 1.807) is 0 Å². The fourth-order valence-electron chi connectivity index (χ4n) is 11.0. The van der Waals surface area contributed by atoms with Crippen LogP contribution in [0.15, 0.2) is 24.3 Å². The summed E-state index contributed by atoms with van der Waals surface area (Å²) < 4.78 is 68.5. The lowest BCUT2D eigenvalue weighted by Crippen LogP contribution is -2.30. The zero-order valence-corrected chi connectivity index (χ0v) is 63.4. The van der Waals surface area contributed by atoms with E-state index in [4.69, 9.17) is 37.0 Å². The van der Waals surface area contributed by atoms with Gasteiger partial charge in [0.15, 0.2) is 12.2 Å². The third-order valence-electron chi connectivity index (χ3n) is 17.4. The summed E-state index contributed by atoms with van der Waals surface area (Å²) in [6.07, 6.45) is 54.9. The van der Waals surface area contributed by atoms with Crippen LogP contribution in [0, 0.1) is 17.8 Å². The first kappa shape index (κ1) is 92.5. The summed E-state index contributed by atoms with van der Waals surface area (Å²) >= 11 is 0. The van der Waals surface area contributed by atoms with Gasteiger partial charge in [-0.05, 0) is 69.1 Å². The number of hydrogen-bond donors (Lipinski definition) is 3. The molecule has 0 saturated carbocycles. The Morgan fingerprint density at radius 2 is 0.621 bits per heavy atom. The minimum absolute atomic E-state index is 0.0992. The fourth-order valence-corrected chi connectivity index (χ4v) is 12.6. The van der Waals surface area contributed by atoms with Crippen molar-refractivity contribution in [1.82, 2.24) is 0 Å². The molecule has 0 radical (unpaired) electrons. The first-order valence-corrected chi connectivity index (χ1v) is 41.7. The van der Waals surface area contributed by atoms with Crippen molar-refractivity contribution in [3.63, 3.8) is 0 Å². The second-order valence-electron chi connectivity index (χ2n) is 27.9. The maximum absolute atomic E-state index is 13.1. The minimum Gasteiger partial charge on any atom is -0.462 e. The highest BCUT2D eigenvalue weighted by Gasteiger charge is 2.30. The van der Waals surface area contributed by atoms with Gasteiger partial charge in [0, 0.05) is 25.7 Å². The van der Waals surface area contributed by atoms with Crippen molar-refractivity contribution in [1.29, 1.82) is 0 Å². The molecule has 0 bridgehead atoms. The van der Waals surface area contributed by atoms with Crippen molar-refractivity contribution in [3.8, 4) is 0 Å². The van der Waals surface area contributed by atoms with E-state index < -0.39 is 97.5 Å². The lowest BCUT2D eigenvalue weighted by atomic mass is 10.00. The van der Waals surface area contributed by atoms with Crippen molar-refractivity contribution in [3.05, 3.63) is 24.3 Å². The van der Waals surface area contributed by atoms with Gasteiger partial charge in [0.2, 0.25) is 0 Å². The van der Waals surface area contributed by atoms with Crippen LogP contribution in [0.3, 0.4) is 0 Å². The van der Waals surface area contributed by atoms with E-state index in [0.717, 1.165) is 133 Å². The van der Waals surface area contributed by atoms with Crippen LogP contribution in [-0.2, 0) is 65.4 Å². The second-order valence-corrected chi connectivity index (χ2v) is 30.8. The minimum atomic E-state index is -4.96. The van der Waals surface area contributed by atoms with Crippen LogP contribution in [0.4, 0.5) is 0 Å². The fraction of sp³-hybridized carbons (Fsp3) is 0.895. The molecule has 19 heteroatoms. The normalized spacial score (nSPS) is 14.5. The second kappa shape index (κ2) is 66.1. The molecule has 0 aromatic carbocycles. The summed E-state index contributed by atoms with van der Waals surface area (Å²) in [5, 5.41) is 10.6. The highest BCUT2D eigenvalue weighted by Crippen LogP contribution is 2.45. The van der Waals surface area contributed by atoms with Crippen LogP contribution in [0.2, 0.25) is 0 Å². The average molecular weight is 1390 g/mol. The van der Waals surface area contributed by atoms with Gasteiger partial charge in [-0.3, -0.25) is 37.3 Å². The molecule has 0 aliphatic carbocycles. The van der Waals surface area contributed by atoms with E-state index in [1.807, 2.05) is 0 Å². The smallest absolute Gasteiger partial charge is 0.462 e. The number of allylic oxidation sites excluding steroid dienone is 4. The molecular weight excluding hydrogens is 1250 g/mol. The van der Waals surface area contributed by atoms with Crippen molar-refractivity contribution in [2.24, 2.45) is 17.8 Å². The first-order valence-electron chi connectivity index (χ1n) is 38.7. The Labute approximate surface area is 580 Å². The number of aliphatic hydroxyl groups excluding tert-OH is 1. The molecule has 0 spiro atoms. The number of phosphoric acid groups is 2. The Morgan fingerprint density at radius 3 is 0.937 bits per heavy atom. The standard InChI is InChI=1S/C76H144O17P2/c1-8-10-11-12-13-14-15-16-17-20-25-30-35-43-50-57-73(78)86-63-71(92-76(81)60-53-46-37-32-27-22-24-29-34-41-48-55-68(5)6)65-90-94(82,83)88-61-70(77)62-89-95(84,85)91-66-72(64-87-74(79)58-51-44-39-38-42-49-56-69(7)9-2)93-75(80)59-52-45-36-31-26-21-18-19-23-28-33-40-47-54-67(3)4/h14-17,67-72,77H,8-13,18-66H2,1-7H3,(H,82,83)(H,84,85)/b15-14-,17-16-/t69?,70-,71-,72-/m1/s1. The van der Waals surface area contributed by atoms with Gasteiger partial charge in [0.25, 0.3) is 0 Å². The Bertz CT molecular complexity index is 1950. The summed E-state index contributed by atoms with van der Waals surface area (Å²) in [6, 6.07) is 0. The Balaban J connectivity index is 5.29. The molecule has 0 aromatic rings. The molecule has 0 aromatic heterocycles. The van der Waals surface area contributed by atoms with E-state index in [9.17, 15) is 43.2 Å². The number of carbonyl (C=O) groups excluding carboxylic acids is 4. The molecule has 0 aliphatic rings. The molecule has 560 valence electrons. The average Bonchev–Trinajstić information content (AvgIpc) is 2.54. The number of carbonyl (C=O) groups is 4. The van der Waals surface area contributed by atoms with Crippen LogP contribution >= 0.6 is 15.6 Å². The number of phosphoric ester groups is 2. The van der Waals surface area contributed by atoms with Gasteiger partial charge in [-0.1, -0.05) is 310 Å². The third-order valence-corrected chi connectivity index (χ3v) is 19.3. The summed E-state index contributed by atoms with van der Waals surface area (Å²) in [5.41, 5.74) is 0. The number of aliphatic hydroxyl groups is 1. The van der Waals surface area contributed by atoms with Gasteiger partial charge in [-0.15, -0.1) is 0 Å². The molecule has 0 aliphatic heterocycles. The van der Waals surface area contributed by atoms with Crippen molar-refractivity contribution >= 4 is 39.5 Å². The predicted molar refractivity (Wildman–Crippen MR) is 386 cm³/mol. The van der Waals surface area contributed by atoms with Gasteiger partial charge in [-0.25, -0.2) is 9.13 Å². The predicted octanol–water partition coefficient (Wildman–Crippen LogP) is 21.7. The highest BCUT2D eigenvalue weighted by molar-refractivity contribution is 7.47. The molecule has 0 heterocycles. The Kier molecular flexibility index (Phi) is 64.4. The number of ether oxygens (including phenoxy) is 4. The number of esters is 4. The quantitative estimate of drug-likeness (QED) is 0.0169. The van der Waals surface area contributed by atoms with Crippen molar-refractivity contribution < 1.29 is 80.2 Å². The lowest BCUT2D eigenvalue weighted by Gasteiger charge is -2.21. The number of unbranched alkanes of at least 4 members (excludes halogenated alkanes) is 36. The van der Waals surface area contributed by atoms with Gasteiger partial charge in [-0.2, -0.15) is 0 Å². The molecule has 3 unspecified atom stereocenters. The van der Waals surface area contributed by atoms with Crippen LogP contribution in [-0.4, -0.2) is 96.7 Å². The van der Waals surface area contributed by atoms with E-state index in [1.165, 1.54) is 148 Å². The highest BCUT2D eigenvalue weighted by atomic mass is 31.2. The van der Waals surface area contributed by atoms with Crippen LogP contribution in [0.5, 0.6) is 0 Å². The molecule has 0 amide bonds. The Hall–Kier alpha value is -2.46. The topological polar surface area (TPSA) is 237 Å². The largest absolute Gasteiger partial charge is 0.472 e. The Morgan fingerprint density at radius 1 is 0.347 bits per heavy atom. The zero-order valence-electron chi connectivity index (χ0n) is 61.6. The zero-order chi connectivity index (χ0) is 70.1. The lowest BCUT2D eigenvalue weighted by molar-refractivity contribution is -0.161. The molecular formula is C76H144O17P2. The van der Waals surface area contributed by atoms with E-state index in [-0.39, 0.29) is 25.7 Å². The van der Waals surface area contributed by atoms with Crippen LogP contribution in [0.1, 0.15) is 363 Å². The molecule has 6 atom stereocenters. The van der Waals surface area contributed by atoms with Gasteiger partial charge < -0.3 is 33.8 Å². The molecule has 0 saturated heterocycles. The number of rotatable bonds is 72. The number of hydrogen-bond acceptors (Lipinski definition) is 15. The molecule has 0 rings (SSSR count).